The number of hydrogen-bond acceptors (Lipinski definition) is 3. The van der Waals surface area contributed by atoms with Crippen molar-refractivity contribution in [1.82, 2.24) is 0 Å². The van der Waals surface area contributed by atoms with Gasteiger partial charge >= 0.3 is 0 Å². The smallest absolute Gasteiger partial charge is 0.157 e. The zero-order chi connectivity index (χ0) is 21.2. The van der Waals surface area contributed by atoms with E-state index in [2.05, 4.69) is 33.1 Å². The van der Waals surface area contributed by atoms with Crippen molar-refractivity contribution >= 4 is 27.3 Å². The van der Waals surface area contributed by atoms with Gasteiger partial charge in [-0.2, -0.15) is 0 Å². The molecule has 0 amide bonds. The third-order valence-corrected chi connectivity index (χ3v) is 4.70. The van der Waals surface area contributed by atoms with Crippen LogP contribution in [0.1, 0.15) is 51.9 Å². The first kappa shape index (κ1) is 23.3. The predicted octanol–water partition coefficient (Wildman–Crippen LogP) is 8.55. The van der Waals surface area contributed by atoms with Gasteiger partial charge in [0.25, 0.3) is 0 Å². The van der Waals surface area contributed by atoms with Crippen molar-refractivity contribution in [1.29, 1.82) is 0 Å². The predicted molar refractivity (Wildman–Crippen MR) is 108 cm³/mol. The highest BCUT2D eigenvalue weighted by Gasteiger charge is 2.14. The third-order valence-electron chi connectivity index (χ3n) is 4.24. The minimum absolute atomic E-state index is 0.0333. The maximum Gasteiger partial charge on any atom is 0.157 e. The van der Waals surface area contributed by atoms with Crippen LogP contribution >= 0.6 is 15.9 Å². The molecule has 2 aromatic carbocycles. The zero-order valence-corrected chi connectivity index (χ0v) is 17.7. The molecule has 0 bridgehead atoms. The number of rotatable bonds is 11. The second-order valence-electron chi connectivity index (χ2n) is 6.62. The number of halogens is 5. The minimum Gasteiger partial charge on any atom is -0.493 e. The van der Waals surface area contributed by atoms with Gasteiger partial charge in [0.2, 0.25) is 0 Å². The number of azo groups is 1. The zero-order valence-electron chi connectivity index (χ0n) is 16.2. The van der Waals surface area contributed by atoms with Crippen molar-refractivity contribution in [3.63, 3.8) is 0 Å². The minimum atomic E-state index is -1.03. The number of ether oxygens (including phenoxy) is 1. The van der Waals surface area contributed by atoms with Gasteiger partial charge in [-0.3, -0.25) is 0 Å². The standard InChI is InChI=1S/C21H23BrF4N2O/c1-2-3-4-5-6-7-8-9-29-15-12-18(25)21(19(26)13-15)28-27-20-16(23)10-14(22)11-17(20)24/h10-13H,2-9H2,1H3. The fraction of sp³-hybridized carbons (Fsp3) is 0.429. The molecule has 0 N–H and O–H groups in total. The Bertz CT molecular complexity index is 799. The van der Waals surface area contributed by atoms with Gasteiger partial charge in [0.15, 0.2) is 34.6 Å². The van der Waals surface area contributed by atoms with Crippen LogP contribution in [0, 0.1) is 23.3 Å². The van der Waals surface area contributed by atoms with E-state index < -0.39 is 34.6 Å². The molecule has 0 aromatic heterocycles. The summed E-state index contributed by atoms with van der Waals surface area (Å²) in [5, 5.41) is 6.66. The summed E-state index contributed by atoms with van der Waals surface area (Å²) in [6.45, 7) is 2.51. The van der Waals surface area contributed by atoms with Crippen molar-refractivity contribution in [2.75, 3.05) is 6.61 Å². The Morgan fingerprint density at radius 2 is 1.17 bits per heavy atom. The van der Waals surface area contributed by atoms with Gasteiger partial charge in [0.1, 0.15) is 5.75 Å². The maximum absolute atomic E-state index is 14.2. The monoisotopic (exact) mass is 474 g/mol. The molecule has 0 aliphatic heterocycles. The quantitative estimate of drug-likeness (QED) is 0.182. The molecule has 0 unspecified atom stereocenters. The van der Waals surface area contributed by atoms with Crippen LogP contribution in [0.3, 0.4) is 0 Å². The van der Waals surface area contributed by atoms with Crippen molar-refractivity contribution in [2.24, 2.45) is 10.2 Å². The molecule has 8 heteroatoms. The molecule has 0 heterocycles. The van der Waals surface area contributed by atoms with E-state index in [1.54, 1.807) is 0 Å². The Labute approximate surface area is 176 Å². The van der Waals surface area contributed by atoms with Gasteiger partial charge < -0.3 is 4.74 Å². The molecule has 2 aromatic rings. The highest BCUT2D eigenvalue weighted by atomic mass is 79.9. The van der Waals surface area contributed by atoms with Crippen LogP contribution in [-0.2, 0) is 0 Å². The van der Waals surface area contributed by atoms with E-state index in [1.807, 2.05) is 0 Å². The molecule has 158 valence electrons. The van der Waals surface area contributed by atoms with Crippen molar-refractivity contribution in [3.8, 4) is 5.75 Å². The van der Waals surface area contributed by atoms with E-state index in [0.29, 0.717) is 6.61 Å². The Hall–Kier alpha value is -1.96. The molecule has 0 atom stereocenters. The van der Waals surface area contributed by atoms with E-state index in [1.165, 1.54) is 25.7 Å². The van der Waals surface area contributed by atoms with Gasteiger partial charge in [-0.1, -0.05) is 61.4 Å². The van der Waals surface area contributed by atoms with Crippen molar-refractivity contribution < 1.29 is 22.3 Å². The second kappa shape index (κ2) is 11.9. The molecule has 29 heavy (non-hydrogen) atoms. The Kier molecular flexibility index (Phi) is 9.57. The maximum atomic E-state index is 14.2. The summed E-state index contributed by atoms with van der Waals surface area (Å²) in [4.78, 5) is 0. The average Bonchev–Trinajstić information content (AvgIpc) is 2.65. The first-order valence-corrected chi connectivity index (χ1v) is 10.4. The molecular weight excluding hydrogens is 452 g/mol. The summed E-state index contributed by atoms with van der Waals surface area (Å²) >= 11 is 2.93. The number of unbranched alkanes of at least 4 members (excludes halogenated alkanes) is 6. The van der Waals surface area contributed by atoms with Gasteiger partial charge in [-0.05, 0) is 18.6 Å². The van der Waals surface area contributed by atoms with E-state index >= 15 is 0 Å². The van der Waals surface area contributed by atoms with E-state index in [9.17, 15) is 17.6 Å². The summed E-state index contributed by atoms with van der Waals surface area (Å²) in [6.07, 6.45) is 7.72. The van der Waals surface area contributed by atoms with Crippen LogP contribution in [0.25, 0.3) is 0 Å². The largest absolute Gasteiger partial charge is 0.493 e. The molecule has 3 nitrogen and oxygen atoms in total. The van der Waals surface area contributed by atoms with Gasteiger partial charge in [-0.25, -0.2) is 17.6 Å². The van der Waals surface area contributed by atoms with E-state index in [-0.39, 0.29) is 10.2 Å². The van der Waals surface area contributed by atoms with Gasteiger partial charge in [0, 0.05) is 16.6 Å². The average molecular weight is 475 g/mol. The lowest BCUT2D eigenvalue weighted by Crippen LogP contribution is -1.98. The lowest BCUT2D eigenvalue weighted by molar-refractivity contribution is 0.301. The van der Waals surface area contributed by atoms with Crippen LogP contribution < -0.4 is 4.74 Å². The first-order chi connectivity index (χ1) is 13.9. The lowest BCUT2D eigenvalue weighted by atomic mass is 10.1. The fourth-order valence-electron chi connectivity index (χ4n) is 2.70. The van der Waals surface area contributed by atoms with Crippen LogP contribution in [0.5, 0.6) is 5.75 Å². The van der Waals surface area contributed by atoms with Crippen LogP contribution in [0.4, 0.5) is 28.9 Å². The van der Waals surface area contributed by atoms with Crippen molar-refractivity contribution in [3.05, 3.63) is 52.0 Å². The highest BCUT2D eigenvalue weighted by Crippen LogP contribution is 2.31. The fourth-order valence-corrected chi connectivity index (χ4v) is 3.10. The SMILES string of the molecule is CCCCCCCCCOc1cc(F)c(N=Nc2c(F)cc(Br)cc2F)c(F)c1. The molecule has 0 saturated carbocycles. The molecule has 0 aliphatic carbocycles. The van der Waals surface area contributed by atoms with Crippen LogP contribution in [-0.4, -0.2) is 6.61 Å². The van der Waals surface area contributed by atoms with Crippen molar-refractivity contribution in [2.45, 2.75) is 51.9 Å². The molecule has 0 aliphatic rings. The summed E-state index contributed by atoms with van der Waals surface area (Å²) in [7, 11) is 0. The van der Waals surface area contributed by atoms with Crippen LogP contribution in [0.2, 0.25) is 0 Å². The summed E-state index contributed by atoms with van der Waals surface area (Å²) in [5.41, 5.74) is -1.47. The highest BCUT2D eigenvalue weighted by molar-refractivity contribution is 9.10. The Morgan fingerprint density at radius 1 is 0.724 bits per heavy atom. The normalized spacial score (nSPS) is 11.4. The summed E-state index contributed by atoms with van der Waals surface area (Å²) in [5.74, 6) is -4.03. The molecule has 2 rings (SSSR count). The third kappa shape index (κ3) is 7.42. The topological polar surface area (TPSA) is 34.0 Å². The molecule has 0 radical (unpaired) electrons. The molecule has 0 saturated heterocycles. The van der Waals surface area contributed by atoms with Gasteiger partial charge in [-0.15, -0.1) is 10.2 Å². The summed E-state index contributed by atoms with van der Waals surface area (Å²) < 4.78 is 61.4. The van der Waals surface area contributed by atoms with Crippen LogP contribution in [0.15, 0.2) is 39.0 Å². The molecule has 0 spiro atoms. The van der Waals surface area contributed by atoms with E-state index in [0.717, 1.165) is 43.5 Å². The molecule has 0 fully saturated rings. The Morgan fingerprint density at radius 3 is 1.69 bits per heavy atom. The Balaban J connectivity index is 1.94. The second-order valence-corrected chi connectivity index (χ2v) is 7.54. The molecular formula is C21H23BrF4N2O. The number of hydrogen-bond donors (Lipinski definition) is 0. The lowest BCUT2D eigenvalue weighted by Gasteiger charge is -2.08. The first-order valence-electron chi connectivity index (χ1n) is 9.60. The van der Waals surface area contributed by atoms with Gasteiger partial charge in [0.05, 0.1) is 6.61 Å². The number of nitrogens with zero attached hydrogens (tertiary/aromatic N) is 2. The summed E-state index contributed by atoms with van der Waals surface area (Å²) in [6, 6.07) is 3.91. The number of benzene rings is 2. The van der Waals surface area contributed by atoms with E-state index in [4.69, 9.17) is 4.74 Å².